The van der Waals surface area contributed by atoms with Gasteiger partial charge < -0.3 is 14.4 Å². The lowest BCUT2D eigenvalue weighted by molar-refractivity contribution is -0.113. The van der Waals surface area contributed by atoms with Gasteiger partial charge in [0.25, 0.3) is 0 Å². The van der Waals surface area contributed by atoms with Crippen molar-refractivity contribution in [3.63, 3.8) is 0 Å². The van der Waals surface area contributed by atoms with Gasteiger partial charge in [-0.3, -0.25) is 4.79 Å². The van der Waals surface area contributed by atoms with Crippen molar-refractivity contribution < 1.29 is 14.3 Å². The van der Waals surface area contributed by atoms with Crippen LogP contribution in [0.3, 0.4) is 0 Å². The van der Waals surface area contributed by atoms with E-state index in [0.717, 1.165) is 32.7 Å². The predicted molar refractivity (Wildman–Crippen MR) is 149 cm³/mol. The zero-order valence-electron chi connectivity index (χ0n) is 19.8. The number of nitrogens with zero attached hydrogens (tertiary/aromatic N) is 1. The molecule has 0 atom stereocenters. The fraction of sp³-hybridized carbons (Fsp3) is 0.172. The summed E-state index contributed by atoms with van der Waals surface area (Å²) in [5, 5.41) is 0. The lowest BCUT2D eigenvalue weighted by Gasteiger charge is -2.31. The molecule has 1 aliphatic heterocycles. The van der Waals surface area contributed by atoms with E-state index in [4.69, 9.17) is 21.7 Å². The minimum atomic E-state index is 0.0451. The van der Waals surface area contributed by atoms with Gasteiger partial charge in [-0.2, -0.15) is 0 Å². The van der Waals surface area contributed by atoms with Crippen LogP contribution in [0.4, 0.5) is 0 Å². The number of rotatable bonds is 6. The largest absolute Gasteiger partial charge is 0.497 e. The minimum absolute atomic E-state index is 0.0451. The predicted octanol–water partition coefficient (Wildman–Crippen LogP) is 6.27. The Morgan fingerprint density at radius 3 is 1.77 bits per heavy atom. The van der Waals surface area contributed by atoms with Crippen LogP contribution in [-0.2, 0) is 10.5 Å². The summed E-state index contributed by atoms with van der Waals surface area (Å²) < 4.78 is 11.3. The number of likely N-dealkylation sites (tertiary alicyclic amines) is 1. The van der Waals surface area contributed by atoms with Crippen LogP contribution in [0.25, 0.3) is 12.2 Å². The third-order valence-corrected chi connectivity index (χ3v) is 7.28. The smallest absolute Gasteiger partial charge is 0.188 e. The first kappa shape index (κ1) is 24.8. The highest BCUT2D eigenvalue weighted by atomic mass is 32.2. The van der Waals surface area contributed by atoms with Gasteiger partial charge in [-0.1, -0.05) is 78.6 Å². The number of piperidine rings is 1. The average molecular weight is 502 g/mol. The molecule has 6 heteroatoms. The quantitative estimate of drug-likeness (QED) is 0.293. The van der Waals surface area contributed by atoms with Crippen molar-refractivity contribution in [1.29, 1.82) is 0 Å². The van der Waals surface area contributed by atoms with E-state index in [9.17, 15) is 4.79 Å². The van der Waals surface area contributed by atoms with E-state index in [0.29, 0.717) is 24.2 Å². The highest BCUT2D eigenvalue weighted by Gasteiger charge is 2.27. The number of thiocarbonyl (C=S) groups is 1. The number of benzene rings is 3. The average Bonchev–Trinajstić information content (AvgIpc) is 2.91. The lowest BCUT2D eigenvalue weighted by Crippen LogP contribution is -2.39. The normalized spacial score (nSPS) is 15.9. The highest BCUT2D eigenvalue weighted by molar-refractivity contribution is 8.22. The Kier molecular flexibility index (Phi) is 8.40. The van der Waals surface area contributed by atoms with Crippen molar-refractivity contribution >= 4 is 46.2 Å². The van der Waals surface area contributed by atoms with E-state index in [2.05, 4.69) is 17.0 Å². The maximum atomic E-state index is 13.5. The first-order valence-electron chi connectivity index (χ1n) is 11.3. The van der Waals surface area contributed by atoms with Crippen molar-refractivity contribution in [2.75, 3.05) is 27.3 Å². The van der Waals surface area contributed by atoms with Crippen molar-refractivity contribution in [1.82, 2.24) is 4.90 Å². The summed E-state index contributed by atoms with van der Waals surface area (Å²) in [4.78, 5) is 15.6. The van der Waals surface area contributed by atoms with Crippen molar-refractivity contribution in [2.45, 2.75) is 5.75 Å². The van der Waals surface area contributed by atoms with E-state index < -0.39 is 0 Å². The second-order valence-corrected chi connectivity index (χ2v) is 9.72. The Labute approximate surface area is 216 Å². The molecule has 3 aromatic rings. The Morgan fingerprint density at radius 2 is 1.31 bits per heavy atom. The number of hydrogen-bond donors (Lipinski definition) is 0. The fourth-order valence-corrected chi connectivity index (χ4v) is 4.88. The highest BCUT2D eigenvalue weighted by Crippen LogP contribution is 2.27. The summed E-state index contributed by atoms with van der Waals surface area (Å²) in [6.07, 6.45) is 3.89. The molecule has 0 aromatic heterocycles. The molecule has 4 rings (SSSR count). The molecule has 1 saturated heterocycles. The maximum absolute atomic E-state index is 13.5. The van der Waals surface area contributed by atoms with Gasteiger partial charge in [0.05, 0.1) is 14.2 Å². The van der Waals surface area contributed by atoms with E-state index in [1.54, 1.807) is 26.0 Å². The molecule has 0 amide bonds. The van der Waals surface area contributed by atoms with Crippen LogP contribution >= 0.6 is 24.0 Å². The molecule has 35 heavy (non-hydrogen) atoms. The Morgan fingerprint density at radius 1 is 0.829 bits per heavy atom. The molecule has 0 aliphatic carbocycles. The molecule has 1 aliphatic rings. The first-order valence-corrected chi connectivity index (χ1v) is 12.6. The van der Waals surface area contributed by atoms with Crippen molar-refractivity contribution in [3.8, 4) is 11.5 Å². The van der Waals surface area contributed by atoms with Gasteiger partial charge in [0.2, 0.25) is 0 Å². The molecule has 0 radical (unpaired) electrons. The van der Waals surface area contributed by atoms with Gasteiger partial charge in [0, 0.05) is 30.0 Å². The summed E-state index contributed by atoms with van der Waals surface area (Å²) in [5.41, 5.74) is 4.54. The monoisotopic (exact) mass is 501 g/mol. The number of thioether (sulfide) groups is 1. The number of hydrogen-bond acceptors (Lipinski definition) is 5. The fourth-order valence-electron chi connectivity index (χ4n) is 3.78. The Bertz CT molecular complexity index is 1160. The molecule has 0 bridgehead atoms. The topological polar surface area (TPSA) is 38.8 Å². The lowest BCUT2D eigenvalue weighted by atomic mass is 9.94. The maximum Gasteiger partial charge on any atom is 0.188 e. The molecule has 0 N–H and O–H groups in total. The van der Waals surface area contributed by atoms with E-state index in [1.165, 1.54) is 5.56 Å². The van der Waals surface area contributed by atoms with Crippen molar-refractivity contribution in [3.05, 3.63) is 107 Å². The van der Waals surface area contributed by atoms with Crippen LogP contribution in [0.5, 0.6) is 11.5 Å². The van der Waals surface area contributed by atoms with Crippen LogP contribution in [0, 0.1) is 0 Å². The van der Waals surface area contributed by atoms with Gasteiger partial charge in [-0.15, -0.1) is 0 Å². The molecule has 4 nitrogen and oxygen atoms in total. The van der Waals surface area contributed by atoms with Gasteiger partial charge >= 0.3 is 0 Å². The summed E-state index contributed by atoms with van der Waals surface area (Å²) in [7, 11) is 3.28. The molecule has 0 spiro atoms. The van der Waals surface area contributed by atoms with E-state index in [-0.39, 0.29) is 5.78 Å². The summed E-state index contributed by atoms with van der Waals surface area (Å²) >= 11 is 7.42. The molecule has 0 saturated carbocycles. The second-order valence-electron chi connectivity index (χ2n) is 8.11. The third kappa shape index (κ3) is 6.62. The molecule has 1 fully saturated rings. The number of methoxy groups -OCH3 is 2. The standard InChI is InChI=1S/C29H27NO3S2/c1-32-26-12-8-21(9-13-26)16-24-18-30(29(34)35-20-23-6-4-3-5-7-23)19-25(28(24)31)17-22-10-14-27(33-2)15-11-22/h3-17H,18-20H2,1-2H3/b24-16+,25-17+. The van der Waals surface area contributed by atoms with Gasteiger partial charge in [-0.05, 0) is 53.1 Å². The number of Topliss-reactive ketones (excluding diaryl/α,β-unsaturated/α-hetero) is 1. The van der Waals surface area contributed by atoms with Crippen LogP contribution in [0.15, 0.2) is 90.0 Å². The number of carbonyl (C=O) groups excluding carboxylic acids is 1. The molecule has 0 unspecified atom stereocenters. The first-order chi connectivity index (χ1) is 17.1. The van der Waals surface area contributed by atoms with Crippen LogP contribution in [0.2, 0.25) is 0 Å². The van der Waals surface area contributed by atoms with Crippen LogP contribution in [-0.4, -0.2) is 42.3 Å². The summed E-state index contributed by atoms with van der Waals surface area (Å²) in [5.74, 6) is 2.40. The van der Waals surface area contributed by atoms with Gasteiger partial charge in [0.15, 0.2) is 5.78 Å². The van der Waals surface area contributed by atoms with Crippen LogP contribution < -0.4 is 9.47 Å². The van der Waals surface area contributed by atoms with Gasteiger partial charge in [-0.25, -0.2) is 0 Å². The van der Waals surface area contributed by atoms with Gasteiger partial charge in [0.1, 0.15) is 15.8 Å². The molecular weight excluding hydrogens is 474 g/mol. The molecule has 178 valence electrons. The zero-order chi connectivity index (χ0) is 24.6. The Hall–Kier alpha value is -3.35. The zero-order valence-corrected chi connectivity index (χ0v) is 21.4. The molecule has 3 aromatic carbocycles. The summed E-state index contributed by atoms with van der Waals surface area (Å²) in [6.45, 7) is 0.955. The number of ketones is 1. The van der Waals surface area contributed by atoms with E-state index in [1.807, 2.05) is 78.9 Å². The number of ether oxygens (including phenoxy) is 2. The second kappa shape index (κ2) is 11.9. The minimum Gasteiger partial charge on any atom is -0.497 e. The molecular formula is C29H27NO3S2. The van der Waals surface area contributed by atoms with E-state index >= 15 is 0 Å². The van der Waals surface area contributed by atoms with Crippen LogP contribution in [0.1, 0.15) is 16.7 Å². The third-order valence-electron chi connectivity index (χ3n) is 5.68. The Balaban J connectivity index is 1.60. The molecule has 1 heterocycles. The SMILES string of the molecule is COc1ccc(/C=C2\CN(C(=S)SCc3ccccc3)C/C(=C\c3ccc(OC)cc3)C2=O)cc1. The summed E-state index contributed by atoms with van der Waals surface area (Å²) in [6, 6.07) is 25.7. The number of carbonyl (C=O) groups is 1. The van der Waals surface area contributed by atoms with Crippen molar-refractivity contribution in [2.24, 2.45) is 0 Å².